The molecule has 4 aromatic rings. The molecule has 0 amide bonds. The number of unbranched alkanes of at least 4 members (excludes halogenated alkanes) is 1. The molecule has 0 unspecified atom stereocenters. The van der Waals surface area contributed by atoms with Crippen LogP contribution >= 0.6 is 22.7 Å². The minimum atomic E-state index is -0.177. The van der Waals surface area contributed by atoms with Crippen molar-refractivity contribution in [3.05, 3.63) is 76.5 Å². The Morgan fingerprint density at radius 3 is 2.24 bits per heavy atom. The van der Waals surface area contributed by atoms with Gasteiger partial charge in [-0.05, 0) is 66.4 Å². The van der Waals surface area contributed by atoms with Gasteiger partial charge in [0.1, 0.15) is 29.5 Å². The molecule has 3 aromatic heterocycles. The van der Waals surface area contributed by atoms with Crippen LogP contribution in [0, 0.1) is 34.0 Å². The molecule has 34 heavy (non-hydrogen) atoms. The van der Waals surface area contributed by atoms with Crippen LogP contribution in [0.1, 0.15) is 24.6 Å². The lowest BCUT2D eigenvalue weighted by molar-refractivity contribution is 0.309. The molecule has 0 spiro atoms. The van der Waals surface area contributed by atoms with Crippen molar-refractivity contribution >= 4 is 28.2 Å². The number of thiophene rings is 2. The van der Waals surface area contributed by atoms with Gasteiger partial charge in [0, 0.05) is 10.6 Å². The number of hydrogen-bond acceptors (Lipinski definition) is 6. The first kappa shape index (κ1) is 23.1. The van der Waals surface area contributed by atoms with Gasteiger partial charge >= 0.3 is 0 Å². The van der Waals surface area contributed by atoms with Crippen molar-refractivity contribution < 1.29 is 4.74 Å². The quantitative estimate of drug-likeness (QED) is 0.194. The van der Waals surface area contributed by atoms with Gasteiger partial charge in [-0.25, -0.2) is 0 Å². The van der Waals surface area contributed by atoms with Crippen LogP contribution in [0.25, 0.3) is 32.4 Å². The van der Waals surface area contributed by atoms with Crippen LogP contribution in [0.4, 0.5) is 0 Å². The molecule has 0 aliphatic rings. The van der Waals surface area contributed by atoms with Crippen molar-refractivity contribution in [3.63, 3.8) is 0 Å². The molecule has 0 fully saturated rings. The average Bonchev–Trinajstić information content (AvgIpc) is 3.63. The molecule has 0 bridgehead atoms. The Labute approximate surface area is 206 Å². The van der Waals surface area contributed by atoms with Crippen LogP contribution in [0.15, 0.2) is 71.6 Å². The first-order chi connectivity index (χ1) is 16.7. The zero-order valence-electron chi connectivity index (χ0n) is 18.5. The molecule has 0 N–H and O–H groups in total. The minimum Gasteiger partial charge on any atom is -0.494 e. The molecule has 0 aliphatic heterocycles. The smallest absolute Gasteiger partial charge is 0.148 e. The van der Waals surface area contributed by atoms with Gasteiger partial charge in [0.25, 0.3) is 0 Å². The van der Waals surface area contributed by atoms with Gasteiger partial charge < -0.3 is 9.30 Å². The van der Waals surface area contributed by atoms with Crippen molar-refractivity contribution in [2.45, 2.75) is 19.8 Å². The van der Waals surface area contributed by atoms with E-state index in [4.69, 9.17) is 4.74 Å². The Balaban J connectivity index is 1.79. The SMILES string of the molecule is CCCCOc1ccc(-n2c(-c3cccs3)ccc2-c2ccc(C(C#N)=C(C#N)C#N)s2)cc1. The fraction of sp³-hybridized carbons (Fsp3) is 0.148. The number of ether oxygens (including phenoxy) is 1. The predicted molar refractivity (Wildman–Crippen MR) is 137 cm³/mol. The monoisotopic (exact) mass is 480 g/mol. The number of rotatable bonds is 8. The van der Waals surface area contributed by atoms with E-state index in [9.17, 15) is 15.8 Å². The fourth-order valence-corrected chi connectivity index (χ4v) is 5.29. The van der Waals surface area contributed by atoms with Gasteiger partial charge in [-0.3, -0.25) is 0 Å². The van der Waals surface area contributed by atoms with Gasteiger partial charge in [0.05, 0.1) is 33.3 Å². The summed E-state index contributed by atoms with van der Waals surface area (Å²) in [6, 6.07) is 25.7. The summed E-state index contributed by atoms with van der Waals surface area (Å²) in [5.74, 6) is 0.839. The Kier molecular flexibility index (Phi) is 7.25. The van der Waals surface area contributed by atoms with E-state index in [0.29, 0.717) is 11.5 Å². The van der Waals surface area contributed by atoms with Gasteiger partial charge in [-0.15, -0.1) is 22.7 Å². The third kappa shape index (κ3) is 4.65. The van der Waals surface area contributed by atoms with E-state index in [1.54, 1.807) is 17.4 Å². The highest BCUT2D eigenvalue weighted by Gasteiger charge is 2.18. The summed E-state index contributed by atoms with van der Waals surface area (Å²) in [5.41, 5.74) is 2.94. The highest BCUT2D eigenvalue weighted by Crippen LogP contribution is 2.39. The Bertz CT molecular complexity index is 1420. The van der Waals surface area contributed by atoms with Crippen molar-refractivity contribution in [2.75, 3.05) is 6.61 Å². The number of benzene rings is 1. The lowest BCUT2D eigenvalue weighted by Gasteiger charge is -2.13. The van der Waals surface area contributed by atoms with Crippen molar-refractivity contribution in [1.29, 1.82) is 15.8 Å². The van der Waals surface area contributed by atoms with Gasteiger partial charge in [-0.1, -0.05) is 19.4 Å². The second kappa shape index (κ2) is 10.7. The number of hydrogen-bond donors (Lipinski definition) is 0. The molecule has 7 heteroatoms. The van der Waals surface area contributed by atoms with E-state index in [1.807, 2.05) is 54.6 Å². The Hall–Kier alpha value is -4.09. The summed E-state index contributed by atoms with van der Waals surface area (Å²) < 4.78 is 8.01. The molecule has 0 radical (unpaired) electrons. The minimum absolute atomic E-state index is 0.103. The van der Waals surface area contributed by atoms with E-state index in [2.05, 4.69) is 35.1 Å². The molecular weight excluding hydrogens is 460 g/mol. The predicted octanol–water partition coefficient (Wildman–Crippen LogP) is 7.44. The average molecular weight is 481 g/mol. The number of allylic oxidation sites excluding steroid dienone is 2. The maximum absolute atomic E-state index is 9.54. The molecular formula is C27H20N4OS2. The van der Waals surface area contributed by atoms with Gasteiger partial charge in [0.2, 0.25) is 0 Å². The maximum atomic E-state index is 9.54. The van der Waals surface area contributed by atoms with Crippen molar-refractivity contribution in [1.82, 2.24) is 4.57 Å². The van der Waals surface area contributed by atoms with Crippen molar-refractivity contribution in [3.8, 4) is 50.8 Å². The lowest BCUT2D eigenvalue weighted by atomic mass is 10.1. The highest BCUT2D eigenvalue weighted by molar-refractivity contribution is 7.16. The highest BCUT2D eigenvalue weighted by atomic mass is 32.1. The molecule has 0 aliphatic carbocycles. The van der Waals surface area contributed by atoms with Crippen LogP contribution in [-0.4, -0.2) is 11.2 Å². The first-order valence-corrected chi connectivity index (χ1v) is 12.4. The summed E-state index contributed by atoms with van der Waals surface area (Å²) in [6.07, 6.45) is 2.11. The van der Waals surface area contributed by atoms with Crippen molar-refractivity contribution in [2.24, 2.45) is 0 Å². The molecule has 0 saturated carbocycles. The third-order valence-electron chi connectivity index (χ3n) is 5.21. The molecule has 5 nitrogen and oxygen atoms in total. The number of aromatic nitrogens is 1. The summed E-state index contributed by atoms with van der Waals surface area (Å²) in [7, 11) is 0. The Morgan fingerprint density at radius 2 is 1.62 bits per heavy atom. The van der Waals surface area contributed by atoms with Gasteiger partial charge in [-0.2, -0.15) is 15.8 Å². The second-order valence-electron chi connectivity index (χ2n) is 7.36. The van der Waals surface area contributed by atoms with E-state index >= 15 is 0 Å². The molecule has 1 aromatic carbocycles. The van der Waals surface area contributed by atoms with Crippen LogP contribution in [0.2, 0.25) is 0 Å². The summed E-state index contributed by atoms with van der Waals surface area (Å²) in [5, 5.41) is 30.0. The molecule has 3 heterocycles. The maximum Gasteiger partial charge on any atom is 0.148 e. The standard InChI is InChI=1S/C27H20N4OS2/c1-2-3-14-32-21-8-6-20(7-9-21)31-23(26-5-4-15-33-26)10-11-24(31)27-13-12-25(34-27)22(18-30)19(16-28)17-29/h4-13,15H,2-3,14H2,1H3. The Morgan fingerprint density at radius 1 is 0.882 bits per heavy atom. The summed E-state index contributed by atoms with van der Waals surface area (Å²) in [4.78, 5) is 2.67. The van der Waals surface area contributed by atoms with E-state index in [1.165, 1.54) is 11.3 Å². The zero-order valence-corrected chi connectivity index (χ0v) is 20.1. The molecule has 0 saturated heterocycles. The molecule has 166 valence electrons. The topological polar surface area (TPSA) is 85.5 Å². The summed E-state index contributed by atoms with van der Waals surface area (Å²) in [6.45, 7) is 2.84. The summed E-state index contributed by atoms with van der Waals surface area (Å²) >= 11 is 3.06. The largest absolute Gasteiger partial charge is 0.494 e. The number of nitriles is 3. The van der Waals surface area contributed by atoms with E-state index in [-0.39, 0.29) is 11.1 Å². The first-order valence-electron chi connectivity index (χ1n) is 10.7. The lowest BCUT2D eigenvalue weighted by Crippen LogP contribution is -1.99. The fourth-order valence-electron chi connectivity index (χ4n) is 3.53. The number of nitrogens with zero attached hydrogens (tertiary/aromatic N) is 4. The molecule has 0 atom stereocenters. The van der Waals surface area contributed by atoms with Crippen LogP contribution < -0.4 is 4.74 Å². The molecule has 4 rings (SSSR count). The zero-order chi connectivity index (χ0) is 23.9. The van der Waals surface area contributed by atoms with Crippen LogP contribution in [-0.2, 0) is 0 Å². The van der Waals surface area contributed by atoms with Crippen LogP contribution in [0.3, 0.4) is 0 Å². The van der Waals surface area contributed by atoms with E-state index < -0.39 is 0 Å². The van der Waals surface area contributed by atoms with Crippen LogP contribution in [0.5, 0.6) is 5.75 Å². The van der Waals surface area contributed by atoms with E-state index in [0.717, 1.165) is 45.4 Å². The third-order valence-corrected chi connectivity index (χ3v) is 7.22. The second-order valence-corrected chi connectivity index (χ2v) is 9.39. The van der Waals surface area contributed by atoms with Gasteiger partial charge in [0.15, 0.2) is 0 Å². The normalized spacial score (nSPS) is 10.2.